The van der Waals surface area contributed by atoms with Crippen LogP contribution in [0.1, 0.15) is 21.6 Å². The summed E-state index contributed by atoms with van der Waals surface area (Å²) in [6.45, 7) is 0. The van der Waals surface area contributed by atoms with Gasteiger partial charge in [0.1, 0.15) is 5.69 Å². The van der Waals surface area contributed by atoms with Gasteiger partial charge in [-0.1, -0.05) is 54.2 Å². The van der Waals surface area contributed by atoms with Crippen LogP contribution in [0.15, 0.2) is 65.8 Å². The largest absolute Gasteiger partial charge is 0.478 e. The lowest BCUT2D eigenvalue weighted by atomic mass is 10.1. The first-order valence-electron chi connectivity index (χ1n) is 7.79. The summed E-state index contributed by atoms with van der Waals surface area (Å²) in [6.07, 6.45) is -4.59. The number of halogens is 4. The zero-order valence-electron chi connectivity index (χ0n) is 14.2. The van der Waals surface area contributed by atoms with Crippen molar-refractivity contribution in [1.29, 1.82) is 0 Å². The van der Waals surface area contributed by atoms with Crippen molar-refractivity contribution in [3.63, 3.8) is 0 Å². The van der Waals surface area contributed by atoms with Crippen LogP contribution in [-0.2, 0) is 11.9 Å². The zero-order chi connectivity index (χ0) is 19.4. The van der Waals surface area contributed by atoms with Crippen molar-refractivity contribution < 1.29 is 23.1 Å². The fourth-order valence-electron chi connectivity index (χ4n) is 2.33. The van der Waals surface area contributed by atoms with Gasteiger partial charge in [0.2, 0.25) is 0 Å². The Morgan fingerprint density at radius 3 is 2.36 bits per heavy atom. The lowest BCUT2D eigenvalue weighted by Crippen LogP contribution is -2.10. The summed E-state index contributed by atoms with van der Waals surface area (Å²) in [4.78, 5) is 18.9. The van der Waals surface area contributed by atoms with Gasteiger partial charge in [-0.2, -0.15) is 13.2 Å². The lowest BCUT2D eigenvalue weighted by molar-refractivity contribution is -0.141. The number of benzene rings is 2. The topological polar surface area (TPSA) is 63.1 Å². The maximum atomic E-state index is 13.2. The number of rotatable bonds is 5. The molecular formula is C19H14ClF3N2O2S. The molecule has 2 aromatic carbocycles. The van der Waals surface area contributed by atoms with Crippen molar-refractivity contribution >= 4 is 30.1 Å². The van der Waals surface area contributed by atoms with Crippen LogP contribution < -0.4 is 0 Å². The monoisotopic (exact) mass is 426 g/mol. The van der Waals surface area contributed by atoms with Gasteiger partial charge >= 0.3 is 12.1 Å². The molecule has 0 saturated carbocycles. The van der Waals surface area contributed by atoms with Gasteiger partial charge in [0.25, 0.3) is 0 Å². The normalized spacial score (nSPS) is 11.0. The summed E-state index contributed by atoms with van der Waals surface area (Å²) < 4.78 is 39.6. The molecule has 0 aliphatic rings. The number of hydrogen-bond donors (Lipinski definition) is 1. The highest BCUT2D eigenvalue weighted by atomic mass is 35.5. The van der Waals surface area contributed by atoms with Gasteiger partial charge in [-0.05, 0) is 23.8 Å². The standard InChI is InChI=1S/C19H13F3N2O2S.ClH/c20-19(21,22)16-10-15(13-6-2-1-3-7-13)23-18(24-16)27-11-12-5-4-8-14(9-12)17(25)26;/h1-10H,11H2,(H,25,26);1H. The van der Waals surface area contributed by atoms with E-state index < -0.39 is 17.8 Å². The fourth-order valence-corrected chi connectivity index (χ4v) is 3.13. The van der Waals surface area contributed by atoms with Crippen LogP contribution in [0.4, 0.5) is 13.2 Å². The SMILES string of the molecule is Cl.O=C(O)c1cccc(CSc2nc(-c3ccccc3)cc(C(F)(F)F)n2)c1. The second-order valence-corrected chi connectivity index (χ2v) is 6.52. The van der Waals surface area contributed by atoms with Crippen LogP contribution in [0.25, 0.3) is 11.3 Å². The molecule has 0 radical (unpaired) electrons. The van der Waals surface area contributed by atoms with Crippen LogP contribution >= 0.6 is 24.2 Å². The second kappa shape index (κ2) is 9.07. The molecule has 0 aliphatic carbocycles. The van der Waals surface area contributed by atoms with Crippen molar-refractivity contribution in [3.8, 4) is 11.3 Å². The highest BCUT2D eigenvalue weighted by molar-refractivity contribution is 7.98. The Morgan fingerprint density at radius 1 is 1.00 bits per heavy atom. The van der Waals surface area contributed by atoms with Crippen LogP contribution in [0.5, 0.6) is 0 Å². The van der Waals surface area contributed by atoms with Crippen molar-refractivity contribution in [2.24, 2.45) is 0 Å². The Hall–Kier alpha value is -2.58. The molecule has 0 amide bonds. The molecule has 4 nitrogen and oxygen atoms in total. The minimum atomic E-state index is -4.59. The van der Waals surface area contributed by atoms with E-state index >= 15 is 0 Å². The third-order valence-corrected chi connectivity index (χ3v) is 4.53. The molecule has 146 valence electrons. The Kier molecular flexibility index (Phi) is 7.04. The van der Waals surface area contributed by atoms with E-state index in [1.807, 2.05) is 0 Å². The lowest BCUT2D eigenvalue weighted by Gasteiger charge is -2.10. The third-order valence-electron chi connectivity index (χ3n) is 3.61. The first kappa shape index (κ1) is 21.7. The van der Waals surface area contributed by atoms with E-state index in [1.165, 1.54) is 12.1 Å². The van der Waals surface area contributed by atoms with Gasteiger partial charge in [-0.25, -0.2) is 14.8 Å². The number of thioether (sulfide) groups is 1. The molecular weight excluding hydrogens is 413 g/mol. The molecule has 0 unspecified atom stereocenters. The molecule has 28 heavy (non-hydrogen) atoms. The summed E-state index contributed by atoms with van der Waals surface area (Å²) in [5.41, 5.74) is 0.489. The van der Waals surface area contributed by atoms with E-state index in [1.54, 1.807) is 42.5 Å². The van der Waals surface area contributed by atoms with E-state index in [9.17, 15) is 18.0 Å². The summed E-state index contributed by atoms with van der Waals surface area (Å²) >= 11 is 1.02. The molecule has 1 N–H and O–H groups in total. The van der Waals surface area contributed by atoms with Gasteiger partial charge in [0.15, 0.2) is 5.16 Å². The maximum Gasteiger partial charge on any atom is 0.433 e. The van der Waals surface area contributed by atoms with E-state index in [2.05, 4.69) is 9.97 Å². The molecule has 3 rings (SSSR count). The smallest absolute Gasteiger partial charge is 0.433 e. The summed E-state index contributed by atoms with van der Waals surface area (Å²) in [7, 11) is 0. The van der Waals surface area contributed by atoms with E-state index in [4.69, 9.17) is 5.11 Å². The molecule has 9 heteroatoms. The van der Waals surface area contributed by atoms with Gasteiger partial charge < -0.3 is 5.11 Å². The maximum absolute atomic E-state index is 13.2. The van der Waals surface area contributed by atoms with Crippen LogP contribution in [0, 0.1) is 0 Å². The number of hydrogen-bond acceptors (Lipinski definition) is 4. The number of carbonyl (C=O) groups is 1. The summed E-state index contributed by atoms with van der Waals surface area (Å²) in [5.74, 6) is -0.819. The number of aromatic nitrogens is 2. The quantitative estimate of drug-likeness (QED) is 0.426. The molecule has 0 saturated heterocycles. The second-order valence-electron chi connectivity index (χ2n) is 5.58. The predicted octanol–water partition coefficient (Wildman–Crippen LogP) is 5.57. The van der Waals surface area contributed by atoms with Crippen molar-refractivity contribution in [1.82, 2.24) is 9.97 Å². The molecule has 0 aliphatic heterocycles. The number of alkyl halides is 3. The minimum Gasteiger partial charge on any atom is -0.478 e. The minimum absolute atomic E-state index is 0. The van der Waals surface area contributed by atoms with E-state index in [-0.39, 0.29) is 34.6 Å². The molecule has 0 atom stereocenters. The molecule has 0 bridgehead atoms. The average Bonchev–Trinajstić information content (AvgIpc) is 2.66. The summed E-state index contributed by atoms with van der Waals surface area (Å²) in [5, 5.41) is 9.00. The van der Waals surface area contributed by atoms with E-state index in [0.29, 0.717) is 11.1 Å². The predicted molar refractivity (Wildman–Crippen MR) is 103 cm³/mol. The third kappa shape index (κ3) is 5.46. The highest BCUT2D eigenvalue weighted by Crippen LogP contribution is 2.32. The molecule has 0 spiro atoms. The number of carboxylic acids is 1. The number of nitrogens with zero attached hydrogens (tertiary/aromatic N) is 2. The first-order valence-corrected chi connectivity index (χ1v) is 8.78. The molecule has 3 aromatic rings. The highest BCUT2D eigenvalue weighted by Gasteiger charge is 2.33. The Bertz CT molecular complexity index is 969. The average molecular weight is 427 g/mol. The van der Waals surface area contributed by atoms with Gasteiger partial charge in [0, 0.05) is 11.3 Å². The van der Waals surface area contributed by atoms with Gasteiger partial charge in [-0.3, -0.25) is 0 Å². The summed E-state index contributed by atoms with van der Waals surface area (Å²) in [6, 6.07) is 15.7. The first-order chi connectivity index (χ1) is 12.8. The molecule has 1 aromatic heterocycles. The van der Waals surface area contributed by atoms with Crippen LogP contribution in [-0.4, -0.2) is 21.0 Å². The molecule has 1 heterocycles. The fraction of sp³-hybridized carbons (Fsp3) is 0.105. The Morgan fingerprint density at radius 2 is 1.71 bits per heavy atom. The Balaban J connectivity index is 0.00000280. The van der Waals surface area contributed by atoms with E-state index in [0.717, 1.165) is 17.8 Å². The van der Waals surface area contributed by atoms with Crippen molar-refractivity contribution in [3.05, 3.63) is 77.5 Å². The number of carboxylic acid groups (broad SMARTS) is 1. The number of aromatic carboxylic acids is 1. The van der Waals surface area contributed by atoms with Gasteiger partial charge in [-0.15, -0.1) is 12.4 Å². The van der Waals surface area contributed by atoms with Crippen LogP contribution in [0.3, 0.4) is 0 Å². The van der Waals surface area contributed by atoms with Crippen LogP contribution in [0.2, 0.25) is 0 Å². The zero-order valence-corrected chi connectivity index (χ0v) is 15.8. The molecule has 0 fully saturated rings. The van der Waals surface area contributed by atoms with Gasteiger partial charge in [0.05, 0.1) is 11.3 Å². The Labute approximate surface area is 169 Å². The van der Waals surface area contributed by atoms with Crippen molar-refractivity contribution in [2.75, 3.05) is 0 Å². The van der Waals surface area contributed by atoms with Crippen molar-refractivity contribution in [2.45, 2.75) is 17.1 Å².